The Morgan fingerprint density at radius 1 is 1.42 bits per heavy atom. The molecule has 4 nitrogen and oxygen atoms in total. The van der Waals surface area contributed by atoms with Gasteiger partial charge in [0.15, 0.2) is 0 Å². The smallest absolute Gasteiger partial charge is 0.244 e. The van der Waals surface area contributed by atoms with E-state index in [1.165, 1.54) is 13.2 Å². The quantitative estimate of drug-likeness (QED) is 0.792. The third kappa shape index (κ3) is 6.59. The van der Waals surface area contributed by atoms with Gasteiger partial charge < -0.3 is 15.2 Å². The summed E-state index contributed by atoms with van der Waals surface area (Å²) >= 11 is 11.7. The maximum absolute atomic E-state index is 11.5. The second-order valence-corrected chi connectivity index (χ2v) is 4.76. The van der Waals surface area contributed by atoms with Crippen LogP contribution in [0.1, 0.15) is 5.56 Å². The SMILES string of the molecule is COCC(O)CNC(=O)C=Cc1cc(Cl)cc(Cl)c1. The molecule has 1 rings (SSSR count). The van der Waals surface area contributed by atoms with E-state index >= 15 is 0 Å². The maximum atomic E-state index is 11.5. The van der Waals surface area contributed by atoms with Crippen LogP contribution >= 0.6 is 23.2 Å². The Hall–Kier alpha value is -1.07. The lowest BCUT2D eigenvalue weighted by atomic mass is 10.2. The van der Waals surface area contributed by atoms with E-state index in [2.05, 4.69) is 5.32 Å². The van der Waals surface area contributed by atoms with Gasteiger partial charge in [0.1, 0.15) is 0 Å². The number of hydrogen-bond donors (Lipinski definition) is 2. The molecule has 0 bridgehead atoms. The van der Waals surface area contributed by atoms with Crippen molar-refractivity contribution in [3.05, 3.63) is 39.9 Å². The Morgan fingerprint density at radius 3 is 2.63 bits per heavy atom. The molecule has 6 heteroatoms. The average molecular weight is 304 g/mol. The highest BCUT2D eigenvalue weighted by Gasteiger charge is 2.04. The largest absolute Gasteiger partial charge is 0.389 e. The summed E-state index contributed by atoms with van der Waals surface area (Å²) in [5.41, 5.74) is 0.727. The van der Waals surface area contributed by atoms with E-state index in [1.807, 2.05) is 0 Å². The second-order valence-electron chi connectivity index (χ2n) is 3.89. The molecule has 0 saturated heterocycles. The molecule has 0 aliphatic heterocycles. The normalized spacial score (nSPS) is 12.6. The van der Waals surface area contributed by atoms with Gasteiger partial charge in [-0.15, -0.1) is 0 Å². The Morgan fingerprint density at radius 2 is 2.05 bits per heavy atom. The molecular formula is C13H15Cl2NO3. The molecule has 0 saturated carbocycles. The number of rotatable bonds is 6. The van der Waals surface area contributed by atoms with E-state index in [4.69, 9.17) is 27.9 Å². The number of aliphatic hydroxyl groups is 1. The molecule has 0 heterocycles. The van der Waals surface area contributed by atoms with Crippen LogP contribution in [0.4, 0.5) is 0 Å². The highest BCUT2D eigenvalue weighted by molar-refractivity contribution is 6.34. The van der Waals surface area contributed by atoms with Crippen molar-refractivity contribution in [3.63, 3.8) is 0 Å². The van der Waals surface area contributed by atoms with E-state index in [0.717, 1.165) is 5.56 Å². The molecule has 0 spiro atoms. The number of ether oxygens (including phenoxy) is 1. The van der Waals surface area contributed by atoms with Crippen LogP contribution in [-0.2, 0) is 9.53 Å². The molecule has 0 fully saturated rings. The van der Waals surface area contributed by atoms with Crippen molar-refractivity contribution in [2.75, 3.05) is 20.3 Å². The number of methoxy groups -OCH3 is 1. The molecule has 104 valence electrons. The lowest BCUT2D eigenvalue weighted by molar-refractivity contribution is -0.117. The maximum Gasteiger partial charge on any atom is 0.244 e. The lowest BCUT2D eigenvalue weighted by Gasteiger charge is -2.09. The topological polar surface area (TPSA) is 58.6 Å². The monoisotopic (exact) mass is 303 g/mol. The van der Waals surface area contributed by atoms with Crippen LogP contribution in [-0.4, -0.2) is 37.4 Å². The van der Waals surface area contributed by atoms with Crippen LogP contribution in [0.2, 0.25) is 10.0 Å². The third-order valence-electron chi connectivity index (χ3n) is 2.18. The lowest BCUT2D eigenvalue weighted by Crippen LogP contribution is -2.33. The summed E-state index contributed by atoms with van der Waals surface area (Å²) in [4.78, 5) is 11.5. The summed E-state index contributed by atoms with van der Waals surface area (Å²) in [6, 6.07) is 5.00. The molecular weight excluding hydrogens is 289 g/mol. The van der Waals surface area contributed by atoms with Gasteiger partial charge in [0.25, 0.3) is 0 Å². The zero-order valence-electron chi connectivity index (χ0n) is 10.4. The van der Waals surface area contributed by atoms with E-state index in [9.17, 15) is 9.90 Å². The molecule has 1 amide bonds. The fourth-order valence-electron chi connectivity index (χ4n) is 1.37. The molecule has 1 unspecified atom stereocenters. The number of aliphatic hydroxyl groups excluding tert-OH is 1. The van der Waals surface area contributed by atoms with Gasteiger partial charge in [0.2, 0.25) is 5.91 Å². The van der Waals surface area contributed by atoms with Crippen molar-refractivity contribution >= 4 is 35.2 Å². The van der Waals surface area contributed by atoms with Crippen LogP contribution < -0.4 is 5.32 Å². The van der Waals surface area contributed by atoms with Crippen molar-refractivity contribution < 1.29 is 14.6 Å². The first-order valence-corrected chi connectivity index (χ1v) is 6.36. The van der Waals surface area contributed by atoms with Crippen LogP contribution in [0, 0.1) is 0 Å². The first-order valence-electron chi connectivity index (χ1n) is 5.60. The molecule has 1 aromatic rings. The van der Waals surface area contributed by atoms with Crippen LogP contribution in [0.3, 0.4) is 0 Å². The van der Waals surface area contributed by atoms with Crippen LogP contribution in [0.15, 0.2) is 24.3 Å². The minimum atomic E-state index is -0.719. The predicted octanol–water partition coefficient (Wildman–Crippen LogP) is 2.13. The number of hydrogen-bond acceptors (Lipinski definition) is 3. The average Bonchev–Trinajstić information content (AvgIpc) is 2.33. The second kappa shape index (κ2) is 8.17. The van der Waals surface area contributed by atoms with E-state index < -0.39 is 6.10 Å². The fraction of sp³-hybridized carbons (Fsp3) is 0.308. The van der Waals surface area contributed by atoms with Crippen molar-refractivity contribution in [1.82, 2.24) is 5.32 Å². The first kappa shape index (κ1) is 16.0. The zero-order valence-corrected chi connectivity index (χ0v) is 11.9. The summed E-state index contributed by atoms with van der Waals surface area (Å²) in [5, 5.41) is 12.9. The minimum absolute atomic E-state index is 0.132. The molecule has 2 N–H and O–H groups in total. The van der Waals surface area contributed by atoms with Gasteiger partial charge in [-0.1, -0.05) is 23.2 Å². The molecule has 1 aromatic carbocycles. The van der Waals surface area contributed by atoms with Gasteiger partial charge >= 0.3 is 0 Å². The number of halogens is 2. The summed E-state index contributed by atoms with van der Waals surface area (Å²) in [6.07, 6.45) is 2.22. The molecule has 19 heavy (non-hydrogen) atoms. The fourth-order valence-corrected chi connectivity index (χ4v) is 1.91. The number of carbonyl (C=O) groups excluding carboxylic acids is 1. The van der Waals surface area contributed by atoms with Crippen molar-refractivity contribution in [3.8, 4) is 0 Å². The summed E-state index contributed by atoms with van der Waals surface area (Å²) in [6.45, 7) is 0.307. The number of carbonyl (C=O) groups is 1. The number of benzene rings is 1. The van der Waals surface area contributed by atoms with Crippen molar-refractivity contribution in [2.45, 2.75) is 6.10 Å². The first-order chi connectivity index (χ1) is 9.01. The van der Waals surface area contributed by atoms with Gasteiger partial charge in [-0.2, -0.15) is 0 Å². The highest BCUT2D eigenvalue weighted by Crippen LogP contribution is 2.19. The van der Waals surface area contributed by atoms with Crippen molar-refractivity contribution in [1.29, 1.82) is 0 Å². The molecule has 1 atom stereocenters. The van der Waals surface area contributed by atoms with E-state index in [1.54, 1.807) is 24.3 Å². The summed E-state index contributed by atoms with van der Waals surface area (Å²) in [7, 11) is 1.48. The van der Waals surface area contributed by atoms with E-state index in [-0.39, 0.29) is 19.1 Å². The Kier molecular flexibility index (Phi) is 6.87. The number of nitrogens with one attached hydrogen (secondary N) is 1. The van der Waals surface area contributed by atoms with Gasteiger partial charge in [0.05, 0.1) is 12.7 Å². The van der Waals surface area contributed by atoms with Gasteiger partial charge in [0, 0.05) is 29.8 Å². The van der Waals surface area contributed by atoms with Gasteiger partial charge in [-0.05, 0) is 29.8 Å². The number of amides is 1. The highest BCUT2D eigenvalue weighted by atomic mass is 35.5. The molecule has 0 aliphatic rings. The molecule has 0 aromatic heterocycles. The summed E-state index contributed by atoms with van der Waals surface area (Å²) in [5.74, 6) is -0.314. The summed E-state index contributed by atoms with van der Waals surface area (Å²) < 4.78 is 4.74. The molecule has 0 radical (unpaired) electrons. The van der Waals surface area contributed by atoms with Crippen LogP contribution in [0.5, 0.6) is 0 Å². The minimum Gasteiger partial charge on any atom is -0.389 e. The van der Waals surface area contributed by atoms with Crippen molar-refractivity contribution in [2.24, 2.45) is 0 Å². The molecule has 0 aliphatic carbocycles. The van der Waals surface area contributed by atoms with Gasteiger partial charge in [-0.25, -0.2) is 0 Å². The van der Waals surface area contributed by atoms with Gasteiger partial charge in [-0.3, -0.25) is 4.79 Å². The standard InChI is InChI=1S/C13H15Cl2NO3/c1-19-8-12(17)7-16-13(18)3-2-9-4-10(14)6-11(15)5-9/h2-6,12,17H,7-8H2,1H3,(H,16,18). The zero-order chi connectivity index (χ0) is 14.3. The van der Waals surface area contributed by atoms with Crippen LogP contribution in [0.25, 0.3) is 6.08 Å². The third-order valence-corrected chi connectivity index (χ3v) is 2.62. The predicted molar refractivity (Wildman–Crippen MR) is 76.4 cm³/mol. The Balaban J connectivity index is 2.49. The Bertz CT molecular complexity index is 443. The van der Waals surface area contributed by atoms with E-state index in [0.29, 0.717) is 10.0 Å². The Labute approximate surface area is 122 Å².